The Kier molecular flexibility index (Phi) is 6.41. The van der Waals surface area contributed by atoms with Crippen LogP contribution in [0.3, 0.4) is 0 Å². The zero-order valence-electron chi connectivity index (χ0n) is 18.3. The standard InChI is InChI=1S/C24H25FN2O4S2/c1-18-3-11-22(12-4-18)32(28,29)26-16-15-24(20-7-9-21(25)10-8-20)27(17-26)33(30,31)23-13-5-19(2)6-14-23/h3-14,24H,15-17H2,1-2H3. The van der Waals surface area contributed by atoms with Crippen LogP contribution in [0.25, 0.3) is 0 Å². The van der Waals surface area contributed by atoms with Crippen LogP contribution in [-0.2, 0) is 20.0 Å². The van der Waals surface area contributed by atoms with Crippen molar-refractivity contribution in [2.75, 3.05) is 13.2 Å². The summed E-state index contributed by atoms with van der Waals surface area (Å²) < 4.78 is 69.7. The van der Waals surface area contributed by atoms with Crippen molar-refractivity contribution in [2.24, 2.45) is 0 Å². The van der Waals surface area contributed by atoms with Gasteiger partial charge in [-0.1, -0.05) is 47.5 Å². The highest BCUT2D eigenvalue weighted by molar-refractivity contribution is 7.90. The summed E-state index contributed by atoms with van der Waals surface area (Å²) >= 11 is 0. The highest BCUT2D eigenvalue weighted by Crippen LogP contribution is 2.36. The molecule has 1 heterocycles. The van der Waals surface area contributed by atoms with E-state index in [4.69, 9.17) is 0 Å². The van der Waals surface area contributed by atoms with Gasteiger partial charge in [-0.25, -0.2) is 21.2 Å². The number of hydrogen-bond acceptors (Lipinski definition) is 4. The van der Waals surface area contributed by atoms with Crippen LogP contribution in [0.4, 0.5) is 4.39 Å². The molecule has 3 aromatic carbocycles. The fourth-order valence-corrected chi connectivity index (χ4v) is 6.98. The number of nitrogens with zero attached hydrogens (tertiary/aromatic N) is 2. The molecule has 1 saturated heterocycles. The molecule has 1 fully saturated rings. The molecule has 0 radical (unpaired) electrons. The first-order valence-corrected chi connectivity index (χ1v) is 13.4. The van der Waals surface area contributed by atoms with Gasteiger partial charge in [-0.05, 0) is 62.2 Å². The lowest BCUT2D eigenvalue weighted by Crippen LogP contribution is -2.50. The Morgan fingerprint density at radius 2 is 1.21 bits per heavy atom. The summed E-state index contributed by atoms with van der Waals surface area (Å²) in [6.45, 7) is 3.52. The molecular weight excluding hydrogens is 463 g/mol. The largest absolute Gasteiger partial charge is 0.244 e. The molecule has 3 aromatic rings. The second kappa shape index (κ2) is 8.98. The molecule has 1 unspecified atom stereocenters. The molecule has 0 bridgehead atoms. The van der Waals surface area contributed by atoms with Gasteiger partial charge >= 0.3 is 0 Å². The van der Waals surface area contributed by atoms with E-state index in [1.54, 1.807) is 36.4 Å². The molecule has 33 heavy (non-hydrogen) atoms. The highest BCUT2D eigenvalue weighted by atomic mass is 32.2. The van der Waals surface area contributed by atoms with Crippen molar-refractivity contribution in [3.63, 3.8) is 0 Å². The summed E-state index contributed by atoms with van der Waals surface area (Å²) in [5.74, 6) is -0.425. The van der Waals surface area contributed by atoms with E-state index in [-0.39, 0.29) is 29.4 Å². The highest BCUT2D eigenvalue weighted by Gasteiger charge is 2.41. The monoisotopic (exact) mass is 488 g/mol. The summed E-state index contributed by atoms with van der Waals surface area (Å²) in [5, 5.41) is 0. The molecule has 0 amide bonds. The van der Waals surface area contributed by atoms with Gasteiger partial charge in [0, 0.05) is 6.54 Å². The maximum Gasteiger partial charge on any atom is 0.244 e. The van der Waals surface area contributed by atoms with Crippen LogP contribution < -0.4 is 0 Å². The van der Waals surface area contributed by atoms with E-state index >= 15 is 0 Å². The number of benzene rings is 3. The van der Waals surface area contributed by atoms with Crippen molar-refractivity contribution in [1.82, 2.24) is 8.61 Å². The van der Waals surface area contributed by atoms with Gasteiger partial charge in [0.05, 0.1) is 22.5 Å². The second-order valence-electron chi connectivity index (χ2n) is 8.20. The van der Waals surface area contributed by atoms with Crippen molar-refractivity contribution < 1.29 is 21.2 Å². The summed E-state index contributed by atoms with van der Waals surface area (Å²) in [6.07, 6.45) is 0.238. The van der Waals surface area contributed by atoms with Crippen LogP contribution in [-0.4, -0.2) is 38.7 Å². The first-order chi connectivity index (χ1) is 15.6. The molecule has 1 aliphatic heterocycles. The molecule has 1 aliphatic rings. The Balaban J connectivity index is 1.75. The smallest absolute Gasteiger partial charge is 0.207 e. The van der Waals surface area contributed by atoms with E-state index in [9.17, 15) is 21.2 Å². The first kappa shape index (κ1) is 23.6. The van der Waals surface area contributed by atoms with Crippen molar-refractivity contribution in [2.45, 2.75) is 36.1 Å². The second-order valence-corrected chi connectivity index (χ2v) is 12.0. The van der Waals surface area contributed by atoms with Crippen LogP contribution >= 0.6 is 0 Å². The lowest BCUT2D eigenvalue weighted by Gasteiger charge is -2.40. The van der Waals surface area contributed by atoms with Crippen LogP contribution in [0.5, 0.6) is 0 Å². The molecule has 174 valence electrons. The van der Waals surface area contributed by atoms with Gasteiger partial charge in [0.1, 0.15) is 5.82 Å². The molecule has 0 aromatic heterocycles. The summed E-state index contributed by atoms with van der Waals surface area (Å²) in [4.78, 5) is 0.191. The number of rotatable bonds is 5. The van der Waals surface area contributed by atoms with Gasteiger partial charge in [-0.15, -0.1) is 0 Å². The molecule has 9 heteroatoms. The van der Waals surface area contributed by atoms with E-state index in [1.165, 1.54) is 45.0 Å². The summed E-state index contributed by atoms with van der Waals surface area (Å²) in [5.41, 5.74) is 2.44. The Morgan fingerprint density at radius 3 is 1.73 bits per heavy atom. The molecule has 6 nitrogen and oxygen atoms in total. The van der Waals surface area contributed by atoms with Gasteiger partial charge in [-0.2, -0.15) is 8.61 Å². The Hall–Kier alpha value is -2.59. The Bertz CT molecular complexity index is 1340. The molecule has 0 N–H and O–H groups in total. The lowest BCUT2D eigenvalue weighted by molar-refractivity contribution is 0.170. The molecular formula is C24H25FN2O4S2. The fourth-order valence-electron chi connectivity index (χ4n) is 3.90. The summed E-state index contributed by atoms with van der Waals surface area (Å²) in [6, 6.07) is 17.9. The number of sulfonamides is 2. The van der Waals surface area contributed by atoms with Crippen LogP contribution in [0.1, 0.15) is 29.2 Å². The number of aryl methyl sites for hydroxylation is 2. The van der Waals surface area contributed by atoms with E-state index in [2.05, 4.69) is 0 Å². The SMILES string of the molecule is Cc1ccc(S(=O)(=O)N2CCC(c3ccc(F)cc3)N(S(=O)(=O)c3ccc(C)cc3)C2)cc1. The van der Waals surface area contributed by atoms with E-state index in [0.29, 0.717) is 5.56 Å². The van der Waals surface area contributed by atoms with Gasteiger partial charge in [-0.3, -0.25) is 0 Å². The molecule has 0 spiro atoms. The lowest BCUT2D eigenvalue weighted by atomic mass is 10.0. The van der Waals surface area contributed by atoms with Crippen LogP contribution in [0.15, 0.2) is 82.6 Å². The minimum Gasteiger partial charge on any atom is -0.207 e. The third-order valence-corrected chi connectivity index (χ3v) is 9.54. The Labute approximate surface area is 194 Å². The van der Waals surface area contributed by atoms with E-state index in [1.807, 2.05) is 13.8 Å². The zero-order chi connectivity index (χ0) is 23.8. The van der Waals surface area contributed by atoms with Crippen molar-refractivity contribution in [1.29, 1.82) is 0 Å². The normalized spacial score (nSPS) is 18.3. The van der Waals surface area contributed by atoms with Crippen LogP contribution in [0, 0.1) is 19.7 Å². The topological polar surface area (TPSA) is 74.8 Å². The van der Waals surface area contributed by atoms with E-state index < -0.39 is 31.9 Å². The predicted octanol–water partition coefficient (Wildman–Crippen LogP) is 4.23. The fraction of sp³-hybridized carbons (Fsp3) is 0.250. The van der Waals surface area contributed by atoms with Gasteiger partial charge in [0.15, 0.2) is 0 Å². The van der Waals surface area contributed by atoms with Gasteiger partial charge in [0.2, 0.25) is 20.0 Å². The summed E-state index contributed by atoms with van der Waals surface area (Å²) in [7, 11) is -7.94. The zero-order valence-corrected chi connectivity index (χ0v) is 20.0. The third-order valence-electron chi connectivity index (χ3n) is 5.84. The van der Waals surface area contributed by atoms with Crippen molar-refractivity contribution in [3.05, 3.63) is 95.3 Å². The average Bonchev–Trinajstić information content (AvgIpc) is 2.80. The predicted molar refractivity (Wildman–Crippen MR) is 124 cm³/mol. The number of halogens is 1. The van der Waals surface area contributed by atoms with Crippen molar-refractivity contribution >= 4 is 20.0 Å². The average molecular weight is 489 g/mol. The van der Waals surface area contributed by atoms with E-state index in [0.717, 1.165) is 11.1 Å². The maximum absolute atomic E-state index is 13.6. The third kappa shape index (κ3) is 4.72. The minimum atomic E-state index is -4.03. The van der Waals surface area contributed by atoms with Crippen molar-refractivity contribution in [3.8, 4) is 0 Å². The van der Waals surface area contributed by atoms with Gasteiger partial charge < -0.3 is 0 Å². The molecule has 0 aliphatic carbocycles. The minimum absolute atomic E-state index is 0.0785. The quantitative estimate of drug-likeness (QED) is 0.539. The molecule has 4 rings (SSSR count). The number of hydrogen-bond donors (Lipinski definition) is 0. The Morgan fingerprint density at radius 1 is 0.727 bits per heavy atom. The molecule has 0 saturated carbocycles. The molecule has 1 atom stereocenters. The maximum atomic E-state index is 13.6. The van der Waals surface area contributed by atoms with Crippen LogP contribution in [0.2, 0.25) is 0 Å². The first-order valence-electron chi connectivity index (χ1n) is 10.5. The van der Waals surface area contributed by atoms with Gasteiger partial charge in [0.25, 0.3) is 0 Å².